The highest BCUT2D eigenvalue weighted by molar-refractivity contribution is 7.13. The lowest BCUT2D eigenvalue weighted by atomic mass is 10.2. The van der Waals surface area contributed by atoms with E-state index in [9.17, 15) is 4.79 Å². The predicted octanol–water partition coefficient (Wildman–Crippen LogP) is 3.10. The molecule has 1 amide bonds. The quantitative estimate of drug-likeness (QED) is 0.808. The predicted molar refractivity (Wildman–Crippen MR) is 83.4 cm³/mol. The normalized spacial score (nSPS) is 10.6. The van der Waals surface area contributed by atoms with Crippen molar-refractivity contribution in [3.8, 4) is 10.6 Å². The van der Waals surface area contributed by atoms with Gasteiger partial charge in [0.25, 0.3) is 5.91 Å². The summed E-state index contributed by atoms with van der Waals surface area (Å²) in [5, 5.41) is 9.19. The molecule has 21 heavy (non-hydrogen) atoms. The molecule has 0 unspecified atom stereocenters. The zero-order chi connectivity index (χ0) is 14.8. The monoisotopic (exact) mass is 298 g/mol. The Labute approximate surface area is 126 Å². The third kappa shape index (κ3) is 2.71. The van der Waals surface area contributed by atoms with Crippen LogP contribution < -0.4 is 5.32 Å². The highest BCUT2D eigenvalue weighted by Crippen LogP contribution is 2.24. The van der Waals surface area contributed by atoms with Gasteiger partial charge in [0.15, 0.2) is 0 Å². The van der Waals surface area contributed by atoms with Gasteiger partial charge in [0.1, 0.15) is 17.2 Å². The number of aromatic nitrogens is 3. The number of hydrogen-bond acceptors (Lipinski definition) is 4. The maximum atomic E-state index is 12.4. The van der Waals surface area contributed by atoms with Crippen molar-refractivity contribution in [3.63, 3.8) is 0 Å². The van der Waals surface area contributed by atoms with Crippen molar-refractivity contribution in [3.05, 3.63) is 53.2 Å². The minimum Gasteiger partial charge on any atom is -0.305 e. The Morgan fingerprint density at radius 1 is 1.33 bits per heavy atom. The smallest absolute Gasteiger partial charge is 0.275 e. The van der Waals surface area contributed by atoms with E-state index < -0.39 is 0 Å². The first-order chi connectivity index (χ1) is 10.1. The minimum atomic E-state index is -0.213. The summed E-state index contributed by atoms with van der Waals surface area (Å²) in [5.74, 6) is 0.357. The second-order valence-corrected chi connectivity index (χ2v) is 5.59. The van der Waals surface area contributed by atoms with Gasteiger partial charge in [-0.3, -0.25) is 9.48 Å². The SMILES string of the molecule is Cc1cccnc1NC(=O)c1cc(-c2cccs2)nn1C. The van der Waals surface area contributed by atoms with E-state index in [4.69, 9.17) is 0 Å². The number of pyridine rings is 1. The maximum Gasteiger partial charge on any atom is 0.275 e. The molecule has 0 fully saturated rings. The zero-order valence-corrected chi connectivity index (χ0v) is 12.5. The molecule has 0 spiro atoms. The summed E-state index contributed by atoms with van der Waals surface area (Å²) in [6, 6.07) is 9.48. The van der Waals surface area contributed by atoms with E-state index in [2.05, 4.69) is 15.4 Å². The van der Waals surface area contributed by atoms with Crippen molar-refractivity contribution in [1.82, 2.24) is 14.8 Å². The van der Waals surface area contributed by atoms with Crippen molar-refractivity contribution in [2.45, 2.75) is 6.92 Å². The Morgan fingerprint density at radius 3 is 2.90 bits per heavy atom. The van der Waals surface area contributed by atoms with Crippen LogP contribution in [0.2, 0.25) is 0 Å². The molecule has 0 aliphatic heterocycles. The van der Waals surface area contributed by atoms with E-state index in [1.807, 2.05) is 36.6 Å². The number of thiophene rings is 1. The zero-order valence-electron chi connectivity index (χ0n) is 11.7. The molecule has 0 aliphatic carbocycles. The summed E-state index contributed by atoms with van der Waals surface area (Å²) in [7, 11) is 1.76. The van der Waals surface area contributed by atoms with Crippen molar-refractivity contribution >= 4 is 23.1 Å². The molecule has 0 saturated carbocycles. The van der Waals surface area contributed by atoms with Gasteiger partial charge < -0.3 is 5.32 Å². The fraction of sp³-hybridized carbons (Fsp3) is 0.133. The lowest BCUT2D eigenvalue weighted by Crippen LogP contribution is -2.17. The highest BCUT2D eigenvalue weighted by Gasteiger charge is 2.15. The van der Waals surface area contributed by atoms with Crippen LogP contribution in [0.25, 0.3) is 10.6 Å². The molecule has 106 valence electrons. The van der Waals surface area contributed by atoms with Crippen LogP contribution in [0.3, 0.4) is 0 Å². The molecular formula is C15H14N4OS. The third-order valence-electron chi connectivity index (χ3n) is 3.13. The molecule has 0 atom stereocenters. The summed E-state index contributed by atoms with van der Waals surface area (Å²) >= 11 is 1.60. The van der Waals surface area contributed by atoms with Gasteiger partial charge in [0.05, 0.1) is 4.88 Å². The first-order valence-corrected chi connectivity index (χ1v) is 7.34. The van der Waals surface area contributed by atoms with Crippen LogP contribution >= 0.6 is 11.3 Å². The summed E-state index contributed by atoms with van der Waals surface area (Å²) in [5.41, 5.74) is 2.23. The van der Waals surface area contributed by atoms with E-state index >= 15 is 0 Å². The van der Waals surface area contributed by atoms with Crippen molar-refractivity contribution in [2.75, 3.05) is 5.32 Å². The number of hydrogen-bond donors (Lipinski definition) is 1. The second kappa shape index (κ2) is 5.49. The molecule has 3 heterocycles. The van der Waals surface area contributed by atoms with Gasteiger partial charge in [-0.15, -0.1) is 11.3 Å². The molecule has 0 radical (unpaired) electrons. The molecule has 5 nitrogen and oxygen atoms in total. The topological polar surface area (TPSA) is 59.8 Å². The van der Waals surface area contributed by atoms with Gasteiger partial charge in [0.2, 0.25) is 0 Å². The summed E-state index contributed by atoms with van der Waals surface area (Å²) in [6.45, 7) is 1.91. The summed E-state index contributed by atoms with van der Waals surface area (Å²) < 4.78 is 1.59. The number of carbonyl (C=O) groups is 1. The number of anilines is 1. The largest absolute Gasteiger partial charge is 0.305 e. The fourth-order valence-electron chi connectivity index (χ4n) is 2.01. The van der Waals surface area contributed by atoms with Crippen LogP contribution in [0.4, 0.5) is 5.82 Å². The van der Waals surface area contributed by atoms with Gasteiger partial charge in [-0.2, -0.15) is 5.10 Å². The van der Waals surface area contributed by atoms with E-state index in [1.54, 1.807) is 35.3 Å². The number of aryl methyl sites for hydroxylation is 2. The van der Waals surface area contributed by atoms with Gasteiger partial charge in [0, 0.05) is 13.2 Å². The lowest BCUT2D eigenvalue weighted by molar-refractivity contribution is 0.101. The van der Waals surface area contributed by atoms with E-state index in [0.717, 1.165) is 16.1 Å². The Hall–Kier alpha value is -2.47. The number of carbonyl (C=O) groups excluding carboxylic acids is 1. The Bertz CT molecular complexity index is 777. The molecule has 0 saturated heterocycles. The Balaban J connectivity index is 1.87. The van der Waals surface area contributed by atoms with Gasteiger partial charge in [-0.05, 0) is 36.1 Å². The molecule has 1 N–H and O–H groups in total. The average Bonchev–Trinajstić information content (AvgIpc) is 3.10. The van der Waals surface area contributed by atoms with Crippen LogP contribution in [0.15, 0.2) is 41.9 Å². The fourth-order valence-corrected chi connectivity index (χ4v) is 2.69. The molecular weight excluding hydrogens is 284 g/mol. The average molecular weight is 298 g/mol. The van der Waals surface area contributed by atoms with Gasteiger partial charge in [-0.25, -0.2) is 4.98 Å². The van der Waals surface area contributed by atoms with Crippen molar-refractivity contribution in [1.29, 1.82) is 0 Å². The van der Waals surface area contributed by atoms with Gasteiger partial charge >= 0.3 is 0 Å². The van der Waals surface area contributed by atoms with Crippen LogP contribution in [0.1, 0.15) is 16.1 Å². The molecule has 6 heteroatoms. The Kier molecular flexibility index (Phi) is 3.53. The molecule has 0 aliphatic rings. The van der Waals surface area contributed by atoms with Crippen molar-refractivity contribution in [2.24, 2.45) is 7.05 Å². The Morgan fingerprint density at radius 2 is 2.19 bits per heavy atom. The van der Waals surface area contributed by atoms with Crippen LogP contribution in [0.5, 0.6) is 0 Å². The van der Waals surface area contributed by atoms with E-state index in [-0.39, 0.29) is 5.91 Å². The first-order valence-electron chi connectivity index (χ1n) is 6.46. The second-order valence-electron chi connectivity index (χ2n) is 4.64. The lowest BCUT2D eigenvalue weighted by Gasteiger charge is -2.06. The van der Waals surface area contributed by atoms with E-state index in [1.165, 1.54) is 0 Å². The van der Waals surface area contributed by atoms with Crippen molar-refractivity contribution < 1.29 is 4.79 Å². The number of rotatable bonds is 3. The van der Waals surface area contributed by atoms with Crippen LogP contribution in [-0.4, -0.2) is 20.7 Å². The highest BCUT2D eigenvalue weighted by atomic mass is 32.1. The number of nitrogens with zero attached hydrogens (tertiary/aromatic N) is 3. The summed E-state index contributed by atoms with van der Waals surface area (Å²) in [4.78, 5) is 17.6. The molecule has 3 aromatic heterocycles. The maximum absolute atomic E-state index is 12.4. The van der Waals surface area contributed by atoms with E-state index in [0.29, 0.717) is 11.5 Å². The molecule has 3 rings (SSSR count). The van der Waals surface area contributed by atoms with Crippen LogP contribution in [0, 0.1) is 6.92 Å². The minimum absolute atomic E-state index is 0.213. The number of nitrogens with one attached hydrogen (secondary N) is 1. The van der Waals surface area contributed by atoms with Crippen LogP contribution in [-0.2, 0) is 7.05 Å². The first kappa shape index (κ1) is 13.5. The molecule has 0 bridgehead atoms. The molecule has 0 aromatic carbocycles. The molecule has 3 aromatic rings. The summed E-state index contributed by atoms with van der Waals surface area (Å²) in [6.07, 6.45) is 1.66. The number of amides is 1. The third-order valence-corrected chi connectivity index (χ3v) is 4.02. The van der Waals surface area contributed by atoms with Gasteiger partial charge in [-0.1, -0.05) is 12.1 Å². The standard InChI is InChI=1S/C15H14N4OS/c1-10-5-3-7-16-14(10)17-15(20)12-9-11(18-19(12)2)13-6-4-8-21-13/h3-9H,1-2H3,(H,16,17,20).